The van der Waals surface area contributed by atoms with Crippen LogP contribution in [-0.2, 0) is 6.54 Å². The van der Waals surface area contributed by atoms with E-state index in [2.05, 4.69) is 30.9 Å². The molecule has 0 radical (unpaired) electrons. The van der Waals surface area contributed by atoms with Gasteiger partial charge in [-0.15, -0.1) is 0 Å². The molecule has 0 bridgehead atoms. The summed E-state index contributed by atoms with van der Waals surface area (Å²) in [5, 5.41) is 9.15. The second-order valence-electron chi connectivity index (χ2n) is 5.13. The quantitative estimate of drug-likeness (QED) is 0.683. The average molecular weight is 274 g/mol. The number of nitrogens with zero attached hydrogens (tertiary/aromatic N) is 2. The average Bonchev–Trinajstić information content (AvgIpc) is 2.49. The summed E-state index contributed by atoms with van der Waals surface area (Å²) in [6, 6.07) is 8.11. The van der Waals surface area contributed by atoms with Gasteiger partial charge in [0.15, 0.2) is 0 Å². The predicted octanol–water partition coefficient (Wildman–Crippen LogP) is 3.97. The topological polar surface area (TPSA) is 36.3 Å². The van der Waals surface area contributed by atoms with Crippen LogP contribution in [0.25, 0.3) is 0 Å². The lowest BCUT2D eigenvalue weighted by Crippen LogP contribution is -2.25. The number of unbranched alkanes of at least 4 members (excludes halogenated alkanes) is 2. The highest BCUT2D eigenvalue weighted by atomic mass is 16.5. The van der Waals surface area contributed by atoms with Gasteiger partial charge in [0.25, 0.3) is 0 Å². The Bertz CT molecular complexity index is 429. The summed E-state index contributed by atoms with van der Waals surface area (Å²) >= 11 is 0. The predicted molar refractivity (Wildman–Crippen MR) is 82.8 cm³/mol. The van der Waals surface area contributed by atoms with Crippen LogP contribution in [0.1, 0.15) is 50.7 Å². The smallest absolute Gasteiger partial charge is 0.136 e. The Balaban J connectivity index is 2.74. The molecule has 0 fully saturated rings. The maximum absolute atomic E-state index is 9.15. The van der Waals surface area contributed by atoms with Crippen molar-refractivity contribution < 1.29 is 4.74 Å². The van der Waals surface area contributed by atoms with Crippen LogP contribution in [0.2, 0.25) is 0 Å². The van der Waals surface area contributed by atoms with E-state index in [0.29, 0.717) is 11.3 Å². The number of hydrogen-bond acceptors (Lipinski definition) is 3. The van der Waals surface area contributed by atoms with Crippen molar-refractivity contribution in [1.29, 1.82) is 5.26 Å². The first kappa shape index (κ1) is 16.5. The van der Waals surface area contributed by atoms with Gasteiger partial charge in [-0.2, -0.15) is 5.26 Å². The molecule has 1 aromatic carbocycles. The number of rotatable bonds is 9. The van der Waals surface area contributed by atoms with Crippen molar-refractivity contribution in [1.82, 2.24) is 4.90 Å². The fraction of sp³-hybridized carbons (Fsp3) is 0.588. The lowest BCUT2D eigenvalue weighted by atomic mass is 10.1. The Kier molecular flexibility index (Phi) is 7.75. The zero-order chi connectivity index (χ0) is 14.8. The van der Waals surface area contributed by atoms with Gasteiger partial charge in [0.2, 0.25) is 0 Å². The minimum absolute atomic E-state index is 0.621. The van der Waals surface area contributed by atoms with Crippen molar-refractivity contribution in [3.05, 3.63) is 29.3 Å². The standard InChI is InChI=1S/C17H26N2O/c1-4-6-10-19(11-7-5-2)14-15-8-9-17(20-3)16(12-15)13-18/h8-9,12H,4-7,10-11,14H2,1-3H3. The van der Waals surface area contributed by atoms with Crippen molar-refractivity contribution in [3.63, 3.8) is 0 Å². The highest BCUT2D eigenvalue weighted by molar-refractivity contribution is 5.45. The van der Waals surface area contributed by atoms with Crippen molar-refractivity contribution >= 4 is 0 Å². The molecule has 20 heavy (non-hydrogen) atoms. The first-order chi connectivity index (χ1) is 9.74. The molecule has 0 heterocycles. The highest BCUT2D eigenvalue weighted by Crippen LogP contribution is 2.20. The van der Waals surface area contributed by atoms with Crippen molar-refractivity contribution in [3.8, 4) is 11.8 Å². The third kappa shape index (κ3) is 5.22. The molecule has 3 nitrogen and oxygen atoms in total. The van der Waals surface area contributed by atoms with E-state index in [-0.39, 0.29) is 0 Å². The van der Waals surface area contributed by atoms with Gasteiger partial charge in [0.1, 0.15) is 11.8 Å². The SMILES string of the molecule is CCCCN(CCCC)Cc1ccc(OC)c(C#N)c1. The monoisotopic (exact) mass is 274 g/mol. The molecular formula is C17H26N2O. The van der Waals surface area contributed by atoms with Crippen LogP contribution in [0.5, 0.6) is 5.75 Å². The molecule has 0 spiro atoms. The Morgan fingerprint density at radius 2 is 1.80 bits per heavy atom. The first-order valence-corrected chi connectivity index (χ1v) is 7.54. The van der Waals surface area contributed by atoms with E-state index in [0.717, 1.165) is 19.6 Å². The largest absolute Gasteiger partial charge is 0.495 e. The van der Waals surface area contributed by atoms with Crippen LogP contribution in [-0.4, -0.2) is 25.1 Å². The van der Waals surface area contributed by atoms with Gasteiger partial charge in [-0.05, 0) is 43.6 Å². The van der Waals surface area contributed by atoms with Crippen LogP contribution in [0.15, 0.2) is 18.2 Å². The summed E-state index contributed by atoms with van der Waals surface area (Å²) in [5.41, 5.74) is 1.81. The molecule has 0 amide bonds. The van der Waals surface area contributed by atoms with Crippen LogP contribution in [0, 0.1) is 11.3 Å². The zero-order valence-corrected chi connectivity index (χ0v) is 13.0. The van der Waals surface area contributed by atoms with Gasteiger partial charge in [-0.25, -0.2) is 0 Å². The molecule has 0 saturated carbocycles. The molecule has 0 aliphatic heterocycles. The molecule has 0 N–H and O–H groups in total. The van der Waals surface area contributed by atoms with E-state index in [9.17, 15) is 0 Å². The van der Waals surface area contributed by atoms with Crippen molar-refractivity contribution in [2.75, 3.05) is 20.2 Å². The summed E-state index contributed by atoms with van der Waals surface area (Å²) in [4.78, 5) is 2.48. The Morgan fingerprint density at radius 3 is 2.30 bits per heavy atom. The van der Waals surface area contributed by atoms with Gasteiger partial charge in [-0.3, -0.25) is 4.90 Å². The van der Waals surface area contributed by atoms with Gasteiger partial charge in [0.05, 0.1) is 12.7 Å². The van der Waals surface area contributed by atoms with E-state index in [1.54, 1.807) is 7.11 Å². The fourth-order valence-electron chi connectivity index (χ4n) is 2.23. The molecule has 0 saturated heterocycles. The Morgan fingerprint density at radius 1 is 1.15 bits per heavy atom. The van der Waals surface area contributed by atoms with E-state index in [4.69, 9.17) is 10.00 Å². The molecule has 110 valence electrons. The molecule has 3 heteroatoms. The maximum atomic E-state index is 9.15. The minimum Gasteiger partial charge on any atom is -0.495 e. The molecule has 1 aromatic rings. The molecule has 0 aliphatic carbocycles. The Labute approximate surface area is 123 Å². The number of methoxy groups -OCH3 is 1. The highest BCUT2D eigenvalue weighted by Gasteiger charge is 2.08. The maximum Gasteiger partial charge on any atom is 0.136 e. The summed E-state index contributed by atoms with van der Waals surface area (Å²) in [6.45, 7) is 7.62. The Hall–Kier alpha value is -1.53. The third-order valence-electron chi connectivity index (χ3n) is 3.45. The molecular weight excluding hydrogens is 248 g/mol. The molecule has 0 unspecified atom stereocenters. The van der Waals surface area contributed by atoms with Crippen molar-refractivity contribution in [2.24, 2.45) is 0 Å². The van der Waals surface area contributed by atoms with Gasteiger partial charge < -0.3 is 4.74 Å². The normalized spacial score (nSPS) is 10.6. The lowest BCUT2D eigenvalue weighted by Gasteiger charge is -2.22. The van der Waals surface area contributed by atoms with Gasteiger partial charge in [-0.1, -0.05) is 32.8 Å². The minimum atomic E-state index is 0.621. The molecule has 0 aliphatic rings. The van der Waals surface area contributed by atoms with E-state index in [1.807, 2.05) is 12.1 Å². The second kappa shape index (κ2) is 9.39. The lowest BCUT2D eigenvalue weighted by molar-refractivity contribution is 0.257. The van der Waals surface area contributed by atoms with E-state index < -0.39 is 0 Å². The van der Waals surface area contributed by atoms with Crippen LogP contribution >= 0.6 is 0 Å². The summed E-state index contributed by atoms with van der Waals surface area (Å²) in [6.07, 6.45) is 4.89. The fourth-order valence-corrected chi connectivity index (χ4v) is 2.23. The molecule has 1 rings (SSSR count). The summed E-state index contributed by atoms with van der Waals surface area (Å²) < 4.78 is 5.19. The van der Waals surface area contributed by atoms with E-state index >= 15 is 0 Å². The van der Waals surface area contributed by atoms with E-state index in [1.165, 1.54) is 31.2 Å². The molecule has 0 aromatic heterocycles. The summed E-state index contributed by atoms with van der Waals surface area (Å²) in [7, 11) is 1.60. The molecule has 0 atom stereocenters. The van der Waals surface area contributed by atoms with Crippen molar-refractivity contribution in [2.45, 2.75) is 46.1 Å². The van der Waals surface area contributed by atoms with Gasteiger partial charge >= 0.3 is 0 Å². The summed E-state index contributed by atoms with van der Waals surface area (Å²) in [5.74, 6) is 0.657. The second-order valence-corrected chi connectivity index (χ2v) is 5.13. The van der Waals surface area contributed by atoms with Gasteiger partial charge in [0, 0.05) is 6.54 Å². The first-order valence-electron chi connectivity index (χ1n) is 7.54. The third-order valence-corrected chi connectivity index (χ3v) is 3.45. The number of nitriles is 1. The number of benzene rings is 1. The number of hydrogen-bond donors (Lipinski definition) is 0. The van der Waals surface area contributed by atoms with Crippen LogP contribution in [0.4, 0.5) is 0 Å². The van der Waals surface area contributed by atoms with Crippen LogP contribution < -0.4 is 4.74 Å². The number of ether oxygens (including phenoxy) is 1. The zero-order valence-electron chi connectivity index (χ0n) is 13.0. The van der Waals surface area contributed by atoms with Crippen LogP contribution in [0.3, 0.4) is 0 Å².